The molecule has 2 rings (SSSR count). The van der Waals surface area contributed by atoms with Crippen LogP contribution in [-0.4, -0.2) is 51.7 Å². The second-order valence-electron chi connectivity index (χ2n) is 5.81. The van der Waals surface area contributed by atoms with E-state index in [0.29, 0.717) is 24.4 Å². The first-order valence-corrected chi connectivity index (χ1v) is 8.27. The van der Waals surface area contributed by atoms with E-state index in [1.54, 1.807) is 6.92 Å². The maximum absolute atomic E-state index is 12.6. The first kappa shape index (κ1) is 18.9. The van der Waals surface area contributed by atoms with Gasteiger partial charge in [-0.2, -0.15) is 0 Å². The zero-order valence-electron chi connectivity index (χ0n) is 15.3. The summed E-state index contributed by atoms with van der Waals surface area (Å²) in [6.07, 6.45) is 0. The van der Waals surface area contributed by atoms with Crippen LogP contribution in [0.4, 0.5) is 0 Å². The average Bonchev–Trinajstić information content (AvgIpc) is 2.62. The van der Waals surface area contributed by atoms with Crippen LogP contribution in [0.2, 0.25) is 0 Å². The molecule has 0 aliphatic rings. The zero-order valence-corrected chi connectivity index (χ0v) is 15.3. The van der Waals surface area contributed by atoms with Crippen molar-refractivity contribution in [3.63, 3.8) is 0 Å². The standard InChI is InChI=1S/C17H24N4O4/c1-6-20(7-2)8-9-21-14-13(15(22)19(4)17(21)24)10-12(11(3)18-14)16(23)25-5/h10H,6-9H2,1-5H3. The van der Waals surface area contributed by atoms with Gasteiger partial charge < -0.3 is 9.64 Å². The molecule has 0 N–H and O–H groups in total. The number of ether oxygens (including phenoxy) is 1. The van der Waals surface area contributed by atoms with E-state index in [9.17, 15) is 14.4 Å². The van der Waals surface area contributed by atoms with Gasteiger partial charge in [0, 0.05) is 20.1 Å². The molecule has 0 aliphatic carbocycles. The molecule has 0 spiro atoms. The van der Waals surface area contributed by atoms with Crippen molar-refractivity contribution in [3.8, 4) is 0 Å². The molecule has 8 nitrogen and oxygen atoms in total. The van der Waals surface area contributed by atoms with Crippen LogP contribution < -0.4 is 11.2 Å². The van der Waals surface area contributed by atoms with Crippen LogP contribution >= 0.6 is 0 Å². The van der Waals surface area contributed by atoms with E-state index >= 15 is 0 Å². The van der Waals surface area contributed by atoms with Gasteiger partial charge in [0.2, 0.25) is 0 Å². The first-order valence-electron chi connectivity index (χ1n) is 8.27. The van der Waals surface area contributed by atoms with Crippen molar-refractivity contribution in [1.82, 2.24) is 19.0 Å². The lowest BCUT2D eigenvalue weighted by atomic mass is 10.1. The van der Waals surface area contributed by atoms with Gasteiger partial charge in [-0.05, 0) is 26.1 Å². The molecule has 2 aromatic rings. The average molecular weight is 348 g/mol. The second kappa shape index (κ2) is 7.60. The third-order valence-corrected chi connectivity index (χ3v) is 4.44. The minimum absolute atomic E-state index is 0.223. The Morgan fingerprint density at radius 3 is 2.48 bits per heavy atom. The highest BCUT2D eigenvalue weighted by Crippen LogP contribution is 2.14. The predicted molar refractivity (Wildman–Crippen MR) is 95.1 cm³/mol. The van der Waals surface area contributed by atoms with Crippen LogP contribution in [0.5, 0.6) is 0 Å². The largest absolute Gasteiger partial charge is 0.465 e. The smallest absolute Gasteiger partial charge is 0.339 e. The number of aryl methyl sites for hydroxylation is 1. The van der Waals surface area contributed by atoms with Gasteiger partial charge in [0.1, 0.15) is 5.65 Å². The van der Waals surface area contributed by atoms with Crippen LogP contribution in [0.1, 0.15) is 29.9 Å². The van der Waals surface area contributed by atoms with Crippen molar-refractivity contribution >= 4 is 17.0 Å². The lowest BCUT2D eigenvalue weighted by Crippen LogP contribution is -2.40. The zero-order chi connectivity index (χ0) is 18.7. The van der Waals surface area contributed by atoms with Gasteiger partial charge in [0.25, 0.3) is 5.56 Å². The molecule has 2 heterocycles. The highest BCUT2D eigenvalue weighted by atomic mass is 16.5. The fraction of sp³-hybridized carbons (Fsp3) is 0.529. The van der Waals surface area contributed by atoms with Crippen LogP contribution in [0.25, 0.3) is 11.0 Å². The van der Waals surface area contributed by atoms with Gasteiger partial charge in [0.05, 0.1) is 23.8 Å². The van der Waals surface area contributed by atoms with Crippen molar-refractivity contribution in [3.05, 3.63) is 38.2 Å². The van der Waals surface area contributed by atoms with E-state index in [-0.39, 0.29) is 10.9 Å². The van der Waals surface area contributed by atoms with E-state index in [4.69, 9.17) is 4.74 Å². The van der Waals surface area contributed by atoms with Crippen LogP contribution in [0.3, 0.4) is 0 Å². The van der Waals surface area contributed by atoms with Crippen molar-refractivity contribution in [2.45, 2.75) is 27.3 Å². The van der Waals surface area contributed by atoms with E-state index in [1.165, 1.54) is 24.8 Å². The third kappa shape index (κ3) is 3.48. The molecule has 0 saturated carbocycles. The topological polar surface area (TPSA) is 86.4 Å². The highest BCUT2D eigenvalue weighted by molar-refractivity contribution is 5.94. The number of pyridine rings is 1. The number of hydrogen-bond acceptors (Lipinski definition) is 6. The van der Waals surface area contributed by atoms with Crippen LogP contribution in [-0.2, 0) is 18.3 Å². The molecule has 0 saturated heterocycles. The van der Waals surface area contributed by atoms with Gasteiger partial charge in [-0.15, -0.1) is 0 Å². The molecule has 8 heteroatoms. The molecule has 0 bridgehead atoms. The second-order valence-corrected chi connectivity index (χ2v) is 5.81. The number of carbonyl (C=O) groups is 1. The molecule has 0 fully saturated rings. The summed E-state index contributed by atoms with van der Waals surface area (Å²) >= 11 is 0. The molecule has 0 atom stereocenters. The Morgan fingerprint density at radius 2 is 1.92 bits per heavy atom. The fourth-order valence-corrected chi connectivity index (χ4v) is 2.79. The first-order chi connectivity index (χ1) is 11.8. The number of nitrogens with zero attached hydrogens (tertiary/aromatic N) is 4. The lowest BCUT2D eigenvalue weighted by molar-refractivity contribution is 0.0599. The van der Waals surface area contributed by atoms with Gasteiger partial charge in [-0.3, -0.25) is 13.9 Å². The Balaban J connectivity index is 2.69. The number of aromatic nitrogens is 3. The predicted octanol–water partition coefficient (Wildman–Crippen LogP) is 0.532. The summed E-state index contributed by atoms with van der Waals surface area (Å²) < 4.78 is 7.27. The van der Waals surface area contributed by atoms with Gasteiger partial charge in [-0.1, -0.05) is 13.8 Å². The van der Waals surface area contributed by atoms with Crippen molar-refractivity contribution in [1.29, 1.82) is 0 Å². The summed E-state index contributed by atoms with van der Waals surface area (Å²) in [5.41, 5.74) is 0.0501. The van der Waals surface area contributed by atoms with Gasteiger partial charge in [0.15, 0.2) is 0 Å². The quantitative estimate of drug-likeness (QED) is 0.708. The molecular formula is C17H24N4O4. The van der Waals surface area contributed by atoms with E-state index in [0.717, 1.165) is 17.7 Å². The third-order valence-electron chi connectivity index (χ3n) is 4.44. The van der Waals surface area contributed by atoms with Gasteiger partial charge >= 0.3 is 11.7 Å². The molecule has 136 valence electrons. The number of rotatable bonds is 6. The Labute approximate surface area is 145 Å². The maximum Gasteiger partial charge on any atom is 0.339 e. The number of fused-ring (bicyclic) bond motifs is 1. The van der Waals surface area contributed by atoms with Crippen molar-refractivity contribution in [2.75, 3.05) is 26.7 Å². The molecule has 0 aliphatic heterocycles. The summed E-state index contributed by atoms with van der Waals surface area (Å²) in [5.74, 6) is -0.560. The molecular weight excluding hydrogens is 324 g/mol. The lowest BCUT2D eigenvalue weighted by Gasteiger charge is -2.19. The van der Waals surface area contributed by atoms with Crippen molar-refractivity contribution < 1.29 is 9.53 Å². The Bertz CT molecular complexity index is 909. The summed E-state index contributed by atoms with van der Waals surface area (Å²) in [6, 6.07) is 1.46. The summed E-state index contributed by atoms with van der Waals surface area (Å²) in [7, 11) is 2.70. The number of likely N-dealkylation sites (N-methyl/N-ethyl adjacent to an activating group) is 1. The molecule has 0 aromatic carbocycles. The number of methoxy groups -OCH3 is 1. The van der Waals surface area contributed by atoms with Gasteiger partial charge in [-0.25, -0.2) is 14.6 Å². The Hall–Kier alpha value is -2.48. The molecule has 25 heavy (non-hydrogen) atoms. The normalized spacial score (nSPS) is 11.3. The number of carbonyl (C=O) groups excluding carboxylic acids is 1. The van der Waals surface area contributed by atoms with Crippen molar-refractivity contribution in [2.24, 2.45) is 7.05 Å². The monoisotopic (exact) mass is 348 g/mol. The minimum atomic E-state index is -0.560. The Kier molecular flexibility index (Phi) is 5.73. The summed E-state index contributed by atoms with van der Waals surface area (Å²) in [6.45, 7) is 8.57. The SMILES string of the molecule is CCN(CC)CCn1c(=O)n(C)c(=O)c2cc(C(=O)OC)c(C)nc21. The molecule has 0 radical (unpaired) electrons. The molecule has 0 unspecified atom stereocenters. The number of esters is 1. The molecule has 2 aromatic heterocycles. The van der Waals surface area contributed by atoms with E-state index in [2.05, 4.69) is 23.7 Å². The highest BCUT2D eigenvalue weighted by Gasteiger charge is 2.18. The van der Waals surface area contributed by atoms with Crippen LogP contribution in [0, 0.1) is 6.92 Å². The van der Waals surface area contributed by atoms with E-state index in [1.807, 2.05) is 0 Å². The molecule has 0 amide bonds. The Morgan fingerprint density at radius 1 is 1.28 bits per heavy atom. The van der Waals surface area contributed by atoms with E-state index < -0.39 is 17.2 Å². The maximum atomic E-state index is 12.6. The summed E-state index contributed by atoms with van der Waals surface area (Å²) in [5, 5.41) is 0.229. The summed E-state index contributed by atoms with van der Waals surface area (Å²) in [4.78, 5) is 43.4. The number of hydrogen-bond donors (Lipinski definition) is 0. The fourth-order valence-electron chi connectivity index (χ4n) is 2.79. The van der Waals surface area contributed by atoms with Crippen LogP contribution in [0.15, 0.2) is 15.7 Å². The minimum Gasteiger partial charge on any atom is -0.465 e.